The zero-order valence-corrected chi connectivity index (χ0v) is 9.68. The number of allylic oxidation sites excluding steroid dienone is 1. The minimum Gasteiger partial charge on any atom is -0.465 e. The molecule has 0 atom stereocenters. The number of ketones is 1. The van der Waals surface area contributed by atoms with E-state index in [-0.39, 0.29) is 11.5 Å². The van der Waals surface area contributed by atoms with E-state index in [1.54, 1.807) is 49.3 Å². The highest BCUT2D eigenvalue weighted by atomic mass is 16.4. The molecule has 90 valence electrons. The number of hydrogen-bond donors (Lipinski definition) is 2. The van der Waals surface area contributed by atoms with Crippen LogP contribution in [0.25, 0.3) is 0 Å². The van der Waals surface area contributed by atoms with Crippen LogP contribution in [0.1, 0.15) is 10.4 Å². The molecule has 0 saturated carbocycles. The number of nitrogens with zero attached hydrogens (tertiary/aromatic N) is 1. The first kappa shape index (κ1) is 12.8. The second kappa shape index (κ2) is 5.69. The lowest BCUT2D eigenvalue weighted by atomic mass is 10.1. The molecule has 0 spiro atoms. The average Bonchev–Trinajstić information content (AvgIpc) is 2.27. The Balaban J connectivity index is 2.99. The molecular weight excluding hydrogens is 220 g/mol. The fourth-order valence-corrected chi connectivity index (χ4v) is 1.27. The molecule has 2 N–H and O–H groups in total. The van der Waals surface area contributed by atoms with E-state index in [0.29, 0.717) is 5.56 Å². The summed E-state index contributed by atoms with van der Waals surface area (Å²) in [7, 11) is 3.42. The molecule has 0 saturated heterocycles. The van der Waals surface area contributed by atoms with Crippen LogP contribution in [-0.2, 0) is 0 Å². The summed E-state index contributed by atoms with van der Waals surface area (Å²) < 4.78 is 0. The lowest BCUT2D eigenvalue weighted by molar-refractivity contribution is 0.102. The SMILES string of the molecule is CN(C)/C=C(/NC(=O)O)C(=O)c1ccccc1. The van der Waals surface area contributed by atoms with E-state index in [9.17, 15) is 9.59 Å². The quantitative estimate of drug-likeness (QED) is 0.612. The van der Waals surface area contributed by atoms with E-state index in [2.05, 4.69) is 5.32 Å². The van der Waals surface area contributed by atoms with Crippen molar-refractivity contribution in [1.82, 2.24) is 10.2 Å². The van der Waals surface area contributed by atoms with Crippen molar-refractivity contribution in [1.29, 1.82) is 0 Å². The van der Waals surface area contributed by atoms with Crippen LogP contribution in [0, 0.1) is 0 Å². The molecule has 1 rings (SSSR count). The Morgan fingerprint density at radius 2 is 1.82 bits per heavy atom. The van der Waals surface area contributed by atoms with Crippen LogP contribution < -0.4 is 5.32 Å². The maximum absolute atomic E-state index is 12.0. The van der Waals surface area contributed by atoms with Crippen molar-refractivity contribution in [2.45, 2.75) is 0 Å². The highest BCUT2D eigenvalue weighted by Gasteiger charge is 2.14. The Morgan fingerprint density at radius 1 is 1.24 bits per heavy atom. The molecule has 0 bridgehead atoms. The van der Waals surface area contributed by atoms with Crippen LogP contribution in [0.15, 0.2) is 42.2 Å². The lowest BCUT2D eigenvalue weighted by Crippen LogP contribution is -2.27. The predicted octanol–water partition coefficient (Wildman–Crippen LogP) is 1.54. The number of carbonyl (C=O) groups excluding carboxylic acids is 1. The van der Waals surface area contributed by atoms with Gasteiger partial charge in [0.25, 0.3) is 0 Å². The summed E-state index contributed by atoms with van der Waals surface area (Å²) in [6.07, 6.45) is 0.172. The van der Waals surface area contributed by atoms with Crippen LogP contribution in [0.3, 0.4) is 0 Å². The van der Waals surface area contributed by atoms with Crippen LogP contribution in [0.4, 0.5) is 4.79 Å². The van der Waals surface area contributed by atoms with Gasteiger partial charge < -0.3 is 10.0 Å². The maximum Gasteiger partial charge on any atom is 0.409 e. The van der Waals surface area contributed by atoms with Crippen LogP contribution in [-0.4, -0.2) is 36.0 Å². The smallest absolute Gasteiger partial charge is 0.409 e. The van der Waals surface area contributed by atoms with E-state index in [0.717, 1.165) is 0 Å². The minimum absolute atomic E-state index is 0.0219. The van der Waals surface area contributed by atoms with E-state index in [1.165, 1.54) is 6.20 Å². The van der Waals surface area contributed by atoms with Gasteiger partial charge in [0.15, 0.2) is 0 Å². The number of benzene rings is 1. The minimum atomic E-state index is -1.26. The van der Waals surface area contributed by atoms with Crippen molar-refractivity contribution in [3.05, 3.63) is 47.8 Å². The molecule has 0 aromatic heterocycles. The zero-order valence-electron chi connectivity index (χ0n) is 9.68. The van der Waals surface area contributed by atoms with Crippen LogP contribution >= 0.6 is 0 Å². The Labute approximate surface area is 99.4 Å². The van der Waals surface area contributed by atoms with Crippen molar-refractivity contribution in [3.63, 3.8) is 0 Å². The van der Waals surface area contributed by atoms with Crippen molar-refractivity contribution in [2.75, 3.05) is 14.1 Å². The average molecular weight is 234 g/mol. The van der Waals surface area contributed by atoms with Gasteiger partial charge in [-0.1, -0.05) is 30.3 Å². The molecule has 5 heteroatoms. The second-order valence-corrected chi connectivity index (χ2v) is 3.63. The summed E-state index contributed by atoms with van der Waals surface area (Å²) >= 11 is 0. The summed E-state index contributed by atoms with van der Waals surface area (Å²) in [5, 5.41) is 10.8. The Hall–Kier alpha value is -2.30. The molecule has 0 unspecified atom stereocenters. The van der Waals surface area contributed by atoms with E-state index in [1.807, 2.05) is 0 Å². The summed E-state index contributed by atoms with van der Waals surface area (Å²) in [6, 6.07) is 8.50. The van der Waals surface area contributed by atoms with Crippen molar-refractivity contribution < 1.29 is 14.7 Å². The number of carbonyl (C=O) groups is 2. The Bertz CT molecular complexity index is 438. The topological polar surface area (TPSA) is 69.6 Å². The molecule has 1 aromatic carbocycles. The number of nitrogens with one attached hydrogen (secondary N) is 1. The first-order chi connectivity index (χ1) is 8.00. The zero-order chi connectivity index (χ0) is 12.8. The van der Waals surface area contributed by atoms with Gasteiger partial charge >= 0.3 is 6.09 Å². The number of carboxylic acid groups (broad SMARTS) is 1. The van der Waals surface area contributed by atoms with Gasteiger partial charge in [0.1, 0.15) is 5.70 Å². The highest BCUT2D eigenvalue weighted by molar-refractivity contribution is 6.09. The molecule has 17 heavy (non-hydrogen) atoms. The molecular formula is C12H14N2O3. The molecule has 0 heterocycles. The van der Waals surface area contributed by atoms with Gasteiger partial charge in [-0.3, -0.25) is 10.1 Å². The molecule has 0 aliphatic heterocycles. The van der Waals surface area contributed by atoms with Crippen LogP contribution in [0.2, 0.25) is 0 Å². The van der Waals surface area contributed by atoms with Gasteiger partial charge in [0.05, 0.1) is 0 Å². The summed E-state index contributed by atoms with van der Waals surface area (Å²) in [6.45, 7) is 0. The first-order valence-corrected chi connectivity index (χ1v) is 4.98. The van der Waals surface area contributed by atoms with Crippen LogP contribution in [0.5, 0.6) is 0 Å². The molecule has 1 amide bonds. The third-order valence-corrected chi connectivity index (χ3v) is 1.91. The molecule has 0 aliphatic rings. The van der Waals surface area contributed by atoms with Gasteiger partial charge in [-0.15, -0.1) is 0 Å². The van der Waals surface area contributed by atoms with Gasteiger partial charge in [0, 0.05) is 25.9 Å². The fraction of sp³-hybridized carbons (Fsp3) is 0.167. The summed E-state index contributed by atoms with van der Waals surface area (Å²) in [4.78, 5) is 24.2. The first-order valence-electron chi connectivity index (χ1n) is 4.98. The Kier molecular flexibility index (Phi) is 4.28. The predicted molar refractivity (Wildman–Crippen MR) is 63.7 cm³/mol. The van der Waals surface area contributed by atoms with E-state index in [4.69, 9.17) is 5.11 Å². The molecule has 5 nitrogen and oxygen atoms in total. The van der Waals surface area contributed by atoms with Gasteiger partial charge in [-0.05, 0) is 0 Å². The highest BCUT2D eigenvalue weighted by Crippen LogP contribution is 2.06. The third-order valence-electron chi connectivity index (χ3n) is 1.91. The normalized spacial score (nSPS) is 10.8. The summed E-state index contributed by atoms with van der Waals surface area (Å²) in [5.41, 5.74) is 0.461. The number of hydrogen-bond acceptors (Lipinski definition) is 3. The van der Waals surface area contributed by atoms with Crippen molar-refractivity contribution in [2.24, 2.45) is 0 Å². The van der Waals surface area contributed by atoms with Gasteiger partial charge in [-0.25, -0.2) is 4.79 Å². The standard InChI is InChI=1S/C12H14N2O3/c1-14(2)8-10(13-12(16)17)11(15)9-6-4-3-5-7-9/h3-8,13H,1-2H3,(H,16,17)/b10-8+. The lowest BCUT2D eigenvalue weighted by Gasteiger charge is -2.10. The van der Waals surface area contributed by atoms with Gasteiger partial charge in [0.2, 0.25) is 5.78 Å². The molecule has 0 radical (unpaired) electrons. The summed E-state index contributed by atoms with van der Waals surface area (Å²) in [5.74, 6) is -0.360. The largest absolute Gasteiger partial charge is 0.465 e. The Morgan fingerprint density at radius 3 is 2.29 bits per heavy atom. The van der Waals surface area contributed by atoms with Gasteiger partial charge in [-0.2, -0.15) is 0 Å². The molecule has 1 aromatic rings. The number of rotatable bonds is 4. The third kappa shape index (κ3) is 3.98. The van der Waals surface area contributed by atoms with E-state index < -0.39 is 6.09 Å². The monoisotopic (exact) mass is 234 g/mol. The molecule has 0 aliphatic carbocycles. The maximum atomic E-state index is 12.0. The second-order valence-electron chi connectivity index (χ2n) is 3.63. The fourth-order valence-electron chi connectivity index (χ4n) is 1.27. The number of Topliss-reactive ketones (excluding diaryl/α,β-unsaturated/α-hetero) is 1. The molecule has 0 fully saturated rings. The number of amides is 1. The van der Waals surface area contributed by atoms with Crippen molar-refractivity contribution >= 4 is 11.9 Å². The van der Waals surface area contributed by atoms with Crippen molar-refractivity contribution in [3.8, 4) is 0 Å². The van der Waals surface area contributed by atoms with E-state index >= 15 is 0 Å².